The molecule has 0 fully saturated rings. The summed E-state index contributed by atoms with van der Waals surface area (Å²) < 4.78 is 4.98. The predicted octanol–water partition coefficient (Wildman–Crippen LogP) is 3.09. The topological polar surface area (TPSA) is 55.4 Å². The molecule has 0 atom stereocenters. The van der Waals surface area contributed by atoms with Crippen LogP contribution in [0.2, 0.25) is 5.02 Å². The number of aryl methyl sites for hydroxylation is 1. The van der Waals surface area contributed by atoms with Crippen molar-refractivity contribution in [1.29, 1.82) is 0 Å². The van der Waals surface area contributed by atoms with Crippen LogP contribution in [0.25, 0.3) is 0 Å². The summed E-state index contributed by atoms with van der Waals surface area (Å²) in [5.74, 6) is -0.737. The van der Waals surface area contributed by atoms with Crippen LogP contribution in [-0.4, -0.2) is 25.0 Å². The molecule has 0 radical (unpaired) electrons. The van der Waals surface area contributed by atoms with Gasteiger partial charge < -0.3 is 10.1 Å². The van der Waals surface area contributed by atoms with Crippen LogP contribution < -0.4 is 5.32 Å². The maximum Gasteiger partial charge on any atom is 0.310 e. The lowest BCUT2D eigenvalue weighted by molar-refractivity contribution is -0.147. The molecule has 0 aromatic heterocycles. The second-order valence-corrected chi connectivity index (χ2v) is 5.93. The van der Waals surface area contributed by atoms with Crippen LogP contribution in [0.4, 0.5) is 0 Å². The van der Waals surface area contributed by atoms with Crippen molar-refractivity contribution in [2.75, 3.05) is 13.2 Å². The zero-order valence-corrected chi connectivity index (χ0v) is 14.3. The van der Waals surface area contributed by atoms with Crippen molar-refractivity contribution in [3.8, 4) is 0 Å². The third kappa shape index (κ3) is 6.05. The number of hydrogen-bond acceptors (Lipinski definition) is 3. The Labute approximate surface area is 146 Å². The normalized spacial score (nSPS) is 10.2. The molecule has 0 aliphatic heterocycles. The van der Waals surface area contributed by atoms with E-state index in [1.807, 2.05) is 31.2 Å². The van der Waals surface area contributed by atoms with Crippen molar-refractivity contribution in [2.24, 2.45) is 0 Å². The van der Waals surface area contributed by atoms with Crippen LogP contribution in [0.1, 0.15) is 16.7 Å². The number of benzene rings is 2. The molecule has 5 heteroatoms. The molecule has 0 heterocycles. The van der Waals surface area contributed by atoms with E-state index >= 15 is 0 Å². The van der Waals surface area contributed by atoms with Crippen LogP contribution in [0, 0.1) is 6.92 Å². The smallest absolute Gasteiger partial charge is 0.310 e. The summed E-state index contributed by atoms with van der Waals surface area (Å²) in [7, 11) is 0. The SMILES string of the molecule is Cc1ccccc1CCNC(=O)COC(=O)Cc1ccc(Cl)cc1. The summed E-state index contributed by atoms with van der Waals surface area (Å²) in [6.07, 6.45) is 0.866. The van der Waals surface area contributed by atoms with E-state index in [0.717, 1.165) is 12.0 Å². The first-order valence-corrected chi connectivity index (χ1v) is 8.13. The molecule has 0 aliphatic carbocycles. The highest BCUT2D eigenvalue weighted by molar-refractivity contribution is 6.30. The van der Waals surface area contributed by atoms with Crippen LogP contribution in [0.15, 0.2) is 48.5 Å². The minimum Gasteiger partial charge on any atom is -0.455 e. The van der Waals surface area contributed by atoms with Gasteiger partial charge in [0.05, 0.1) is 6.42 Å². The van der Waals surface area contributed by atoms with E-state index in [-0.39, 0.29) is 18.9 Å². The Balaban J connectivity index is 1.66. The molecule has 4 nitrogen and oxygen atoms in total. The van der Waals surface area contributed by atoms with Gasteiger partial charge in [0.25, 0.3) is 5.91 Å². The van der Waals surface area contributed by atoms with E-state index in [0.29, 0.717) is 11.6 Å². The maximum absolute atomic E-state index is 11.7. The van der Waals surface area contributed by atoms with E-state index in [1.165, 1.54) is 11.1 Å². The van der Waals surface area contributed by atoms with Crippen molar-refractivity contribution in [1.82, 2.24) is 5.32 Å². The predicted molar refractivity (Wildman–Crippen MR) is 94.0 cm³/mol. The molecule has 0 saturated carbocycles. The second-order valence-electron chi connectivity index (χ2n) is 5.49. The molecule has 126 valence electrons. The van der Waals surface area contributed by atoms with Crippen molar-refractivity contribution in [2.45, 2.75) is 19.8 Å². The van der Waals surface area contributed by atoms with Crippen molar-refractivity contribution in [3.63, 3.8) is 0 Å². The molecule has 24 heavy (non-hydrogen) atoms. The molecular weight excluding hydrogens is 326 g/mol. The molecule has 0 aliphatic rings. The number of rotatable bonds is 7. The van der Waals surface area contributed by atoms with E-state index in [4.69, 9.17) is 16.3 Å². The van der Waals surface area contributed by atoms with Gasteiger partial charge in [-0.2, -0.15) is 0 Å². The highest BCUT2D eigenvalue weighted by atomic mass is 35.5. The number of halogens is 1. The van der Waals surface area contributed by atoms with Gasteiger partial charge in [-0.15, -0.1) is 0 Å². The second kappa shape index (κ2) is 9.08. The molecule has 0 spiro atoms. The number of ether oxygens (including phenoxy) is 1. The standard InChI is InChI=1S/C19H20ClNO3/c1-14-4-2-3-5-16(14)10-11-21-18(22)13-24-19(23)12-15-6-8-17(20)9-7-15/h2-9H,10-13H2,1H3,(H,21,22). The minimum atomic E-state index is -0.439. The summed E-state index contributed by atoms with van der Waals surface area (Å²) in [6, 6.07) is 15.0. The third-order valence-electron chi connectivity index (χ3n) is 3.60. The lowest BCUT2D eigenvalue weighted by Crippen LogP contribution is -2.30. The Morgan fingerprint density at radius 1 is 1.08 bits per heavy atom. The van der Waals surface area contributed by atoms with Crippen LogP contribution in [0.5, 0.6) is 0 Å². The Morgan fingerprint density at radius 3 is 2.50 bits per heavy atom. The van der Waals surface area contributed by atoms with Gasteiger partial charge in [-0.3, -0.25) is 9.59 Å². The van der Waals surface area contributed by atoms with Gasteiger partial charge in [-0.1, -0.05) is 48.0 Å². The Bertz CT molecular complexity index is 698. The van der Waals surface area contributed by atoms with Gasteiger partial charge in [0, 0.05) is 11.6 Å². The first-order chi connectivity index (χ1) is 11.5. The molecule has 2 aromatic rings. The van der Waals surface area contributed by atoms with E-state index in [2.05, 4.69) is 5.32 Å². The Morgan fingerprint density at radius 2 is 1.79 bits per heavy atom. The number of nitrogens with one attached hydrogen (secondary N) is 1. The first-order valence-electron chi connectivity index (χ1n) is 7.76. The molecular formula is C19H20ClNO3. The van der Waals surface area contributed by atoms with Crippen molar-refractivity contribution in [3.05, 3.63) is 70.2 Å². The van der Waals surface area contributed by atoms with Gasteiger partial charge >= 0.3 is 5.97 Å². The lowest BCUT2D eigenvalue weighted by Gasteiger charge is -2.08. The summed E-state index contributed by atoms with van der Waals surface area (Å²) in [5, 5.41) is 3.36. The minimum absolute atomic E-state index is 0.119. The average molecular weight is 346 g/mol. The van der Waals surface area contributed by atoms with E-state index < -0.39 is 5.97 Å². The maximum atomic E-state index is 11.7. The largest absolute Gasteiger partial charge is 0.455 e. The monoisotopic (exact) mass is 345 g/mol. The fourth-order valence-corrected chi connectivity index (χ4v) is 2.37. The average Bonchev–Trinajstić information content (AvgIpc) is 2.57. The lowest BCUT2D eigenvalue weighted by atomic mass is 10.1. The van der Waals surface area contributed by atoms with Gasteiger partial charge in [0.15, 0.2) is 6.61 Å². The van der Waals surface area contributed by atoms with Gasteiger partial charge in [0.2, 0.25) is 0 Å². The van der Waals surface area contributed by atoms with Crippen LogP contribution >= 0.6 is 11.6 Å². The quantitative estimate of drug-likeness (QED) is 0.784. The summed E-state index contributed by atoms with van der Waals surface area (Å²) in [6.45, 7) is 2.29. The van der Waals surface area contributed by atoms with Crippen LogP contribution in [-0.2, 0) is 27.2 Å². The number of amides is 1. The van der Waals surface area contributed by atoms with Gasteiger partial charge in [0.1, 0.15) is 0 Å². The summed E-state index contributed by atoms with van der Waals surface area (Å²) in [5.41, 5.74) is 3.18. The summed E-state index contributed by atoms with van der Waals surface area (Å²) >= 11 is 5.78. The first kappa shape index (κ1) is 18.0. The van der Waals surface area contributed by atoms with Crippen molar-refractivity contribution < 1.29 is 14.3 Å². The highest BCUT2D eigenvalue weighted by Crippen LogP contribution is 2.10. The Hall–Kier alpha value is -2.33. The number of hydrogen-bond donors (Lipinski definition) is 1. The summed E-state index contributed by atoms with van der Waals surface area (Å²) in [4.78, 5) is 23.4. The highest BCUT2D eigenvalue weighted by Gasteiger charge is 2.08. The van der Waals surface area contributed by atoms with Gasteiger partial charge in [-0.05, 0) is 42.2 Å². The number of esters is 1. The zero-order chi connectivity index (χ0) is 17.4. The molecule has 0 unspecified atom stereocenters. The third-order valence-corrected chi connectivity index (χ3v) is 3.86. The van der Waals surface area contributed by atoms with Crippen LogP contribution in [0.3, 0.4) is 0 Å². The number of carbonyl (C=O) groups is 2. The fraction of sp³-hybridized carbons (Fsp3) is 0.263. The van der Waals surface area contributed by atoms with Crippen molar-refractivity contribution >= 4 is 23.5 Å². The number of carbonyl (C=O) groups excluding carboxylic acids is 2. The Kier molecular flexibility index (Phi) is 6.82. The molecule has 0 saturated heterocycles. The molecule has 1 N–H and O–H groups in total. The molecule has 2 rings (SSSR count). The molecule has 0 bridgehead atoms. The zero-order valence-electron chi connectivity index (χ0n) is 13.5. The van der Waals surface area contributed by atoms with E-state index in [9.17, 15) is 9.59 Å². The fourth-order valence-electron chi connectivity index (χ4n) is 2.24. The van der Waals surface area contributed by atoms with Gasteiger partial charge in [-0.25, -0.2) is 0 Å². The molecule has 2 aromatic carbocycles. The van der Waals surface area contributed by atoms with E-state index in [1.54, 1.807) is 24.3 Å². The molecule has 1 amide bonds.